The van der Waals surface area contributed by atoms with Gasteiger partial charge in [0.05, 0.1) is 16.3 Å². The molecule has 2 aromatic rings. The summed E-state index contributed by atoms with van der Waals surface area (Å²) in [6, 6.07) is 7.47. The molecule has 0 fully saturated rings. The van der Waals surface area contributed by atoms with Gasteiger partial charge in [0.25, 0.3) is 0 Å². The van der Waals surface area contributed by atoms with Gasteiger partial charge < -0.3 is 4.74 Å². The first-order valence-electron chi connectivity index (χ1n) is 5.47. The second-order valence-corrected chi connectivity index (χ2v) is 4.67. The van der Waals surface area contributed by atoms with Crippen LogP contribution in [0.25, 0.3) is 0 Å². The third-order valence-corrected chi connectivity index (χ3v) is 3.00. The van der Waals surface area contributed by atoms with Gasteiger partial charge >= 0.3 is 6.18 Å². The van der Waals surface area contributed by atoms with E-state index in [4.69, 9.17) is 27.9 Å². The molecule has 0 bridgehead atoms. The maximum Gasteiger partial charge on any atom is 0.416 e. The van der Waals surface area contributed by atoms with E-state index in [2.05, 4.69) is 4.98 Å². The Balaban J connectivity index is 2.06. The van der Waals surface area contributed by atoms with Gasteiger partial charge in [0, 0.05) is 0 Å². The summed E-state index contributed by atoms with van der Waals surface area (Å²) in [5.74, 6) is 0.288. The Morgan fingerprint density at radius 2 is 1.65 bits per heavy atom. The average molecular weight is 322 g/mol. The van der Waals surface area contributed by atoms with Crippen molar-refractivity contribution in [2.24, 2.45) is 0 Å². The van der Waals surface area contributed by atoms with Crippen LogP contribution in [-0.4, -0.2) is 4.98 Å². The topological polar surface area (TPSA) is 22.1 Å². The van der Waals surface area contributed by atoms with Gasteiger partial charge in [0.1, 0.15) is 17.5 Å². The Labute approximate surface area is 123 Å². The molecule has 1 aromatic carbocycles. The van der Waals surface area contributed by atoms with E-state index < -0.39 is 11.7 Å². The molecule has 0 amide bonds. The van der Waals surface area contributed by atoms with E-state index in [-0.39, 0.29) is 17.5 Å². The molecular formula is C13H8Cl2F3NO. The van der Waals surface area contributed by atoms with Crippen molar-refractivity contribution in [2.45, 2.75) is 12.8 Å². The lowest BCUT2D eigenvalue weighted by Gasteiger charge is -2.09. The summed E-state index contributed by atoms with van der Waals surface area (Å²) in [5, 5.41) is 0.640. The summed E-state index contributed by atoms with van der Waals surface area (Å²) in [7, 11) is 0. The van der Waals surface area contributed by atoms with Gasteiger partial charge in [-0.3, -0.25) is 0 Å². The zero-order chi connectivity index (χ0) is 14.8. The number of nitrogens with zero attached hydrogens (tertiary/aromatic N) is 1. The number of ether oxygens (including phenoxy) is 1. The van der Waals surface area contributed by atoms with Gasteiger partial charge in [-0.25, -0.2) is 4.98 Å². The van der Waals surface area contributed by atoms with Crippen LogP contribution >= 0.6 is 23.2 Å². The second kappa shape index (κ2) is 5.89. The van der Waals surface area contributed by atoms with Gasteiger partial charge in [-0.2, -0.15) is 13.2 Å². The number of rotatable bonds is 3. The van der Waals surface area contributed by atoms with Crippen LogP contribution < -0.4 is 4.74 Å². The van der Waals surface area contributed by atoms with Gasteiger partial charge in [0.2, 0.25) is 0 Å². The fourth-order valence-corrected chi connectivity index (χ4v) is 1.78. The molecule has 0 aliphatic carbocycles. The molecule has 106 valence electrons. The normalized spacial score (nSPS) is 11.4. The smallest absolute Gasteiger partial charge is 0.416 e. The number of aromatic nitrogens is 1. The first kappa shape index (κ1) is 14.9. The van der Waals surface area contributed by atoms with Crippen LogP contribution in [0.15, 0.2) is 36.4 Å². The molecule has 0 spiro atoms. The lowest BCUT2D eigenvalue weighted by Crippen LogP contribution is -2.04. The molecule has 0 unspecified atom stereocenters. The molecule has 0 saturated carbocycles. The molecule has 1 aromatic heterocycles. The van der Waals surface area contributed by atoms with Crippen molar-refractivity contribution in [3.05, 3.63) is 57.8 Å². The van der Waals surface area contributed by atoms with Crippen molar-refractivity contribution < 1.29 is 17.9 Å². The maximum atomic E-state index is 12.4. The molecule has 7 heteroatoms. The SMILES string of the molecule is FC(F)(F)c1ccc(OCc2nc(Cl)ccc2Cl)cc1. The van der Waals surface area contributed by atoms with E-state index in [1.807, 2.05) is 0 Å². The van der Waals surface area contributed by atoms with Crippen LogP contribution in [-0.2, 0) is 12.8 Å². The molecule has 20 heavy (non-hydrogen) atoms. The third kappa shape index (κ3) is 3.77. The number of pyridine rings is 1. The van der Waals surface area contributed by atoms with Crippen LogP contribution in [0.2, 0.25) is 10.2 Å². The Morgan fingerprint density at radius 3 is 2.25 bits per heavy atom. The summed E-state index contributed by atoms with van der Waals surface area (Å²) in [6.07, 6.45) is -4.36. The van der Waals surface area contributed by atoms with E-state index in [0.717, 1.165) is 12.1 Å². The van der Waals surface area contributed by atoms with E-state index in [1.54, 1.807) is 6.07 Å². The van der Waals surface area contributed by atoms with E-state index in [1.165, 1.54) is 18.2 Å². The van der Waals surface area contributed by atoms with Crippen LogP contribution in [0.3, 0.4) is 0 Å². The summed E-state index contributed by atoms with van der Waals surface area (Å²) in [6.45, 7) is 0.0186. The van der Waals surface area contributed by atoms with Crippen molar-refractivity contribution in [3.63, 3.8) is 0 Å². The predicted molar refractivity (Wildman–Crippen MR) is 70.0 cm³/mol. The average Bonchev–Trinajstić information content (AvgIpc) is 2.39. The number of hydrogen-bond acceptors (Lipinski definition) is 2. The minimum Gasteiger partial charge on any atom is -0.487 e. The van der Waals surface area contributed by atoms with Crippen LogP contribution in [0.1, 0.15) is 11.3 Å². The summed E-state index contributed by atoms with van der Waals surface area (Å²) < 4.78 is 42.5. The zero-order valence-corrected chi connectivity index (χ0v) is 11.4. The number of hydrogen-bond donors (Lipinski definition) is 0. The fraction of sp³-hybridized carbons (Fsp3) is 0.154. The van der Waals surface area contributed by atoms with E-state index >= 15 is 0 Å². The van der Waals surface area contributed by atoms with Gasteiger partial charge in [-0.15, -0.1) is 0 Å². The Bertz CT molecular complexity index is 600. The highest BCUT2D eigenvalue weighted by molar-refractivity contribution is 6.32. The zero-order valence-electron chi connectivity index (χ0n) is 9.92. The number of alkyl halides is 3. The Hall–Kier alpha value is -1.46. The van der Waals surface area contributed by atoms with Crippen LogP contribution in [0.5, 0.6) is 5.75 Å². The maximum absolute atomic E-state index is 12.4. The molecule has 0 saturated heterocycles. The molecule has 2 rings (SSSR count). The molecule has 0 aliphatic rings. The first-order chi connectivity index (χ1) is 9.36. The van der Waals surface area contributed by atoms with Crippen molar-refractivity contribution >= 4 is 23.2 Å². The summed E-state index contributed by atoms with van der Waals surface area (Å²) in [5.41, 5.74) is -0.317. The number of halogens is 5. The van der Waals surface area contributed by atoms with E-state index in [9.17, 15) is 13.2 Å². The van der Waals surface area contributed by atoms with Crippen molar-refractivity contribution in [1.82, 2.24) is 4.98 Å². The second-order valence-electron chi connectivity index (χ2n) is 3.87. The molecule has 0 N–H and O–H groups in total. The van der Waals surface area contributed by atoms with Gasteiger partial charge in [-0.1, -0.05) is 23.2 Å². The predicted octanol–water partition coefficient (Wildman–Crippen LogP) is 4.99. The molecule has 0 atom stereocenters. The lowest BCUT2D eigenvalue weighted by atomic mass is 10.2. The molecule has 1 heterocycles. The van der Waals surface area contributed by atoms with Crippen molar-refractivity contribution in [2.75, 3.05) is 0 Å². The Kier molecular flexibility index (Phi) is 4.40. The monoisotopic (exact) mass is 321 g/mol. The molecule has 0 radical (unpaired) electrons. The minimum absolute atomic E-state index is 0.0186. The highest BCUT2D eigenvalue weighted by atomic mass is 35.5. The summed E-state index contributed by atoms with van der Waals surface area (Å²) >= 11 is 11.6. The largest absolute Gasteiger partial charge is 0.487 e. The lowest BCUT2D eigenvalue weighted by molar-refractivity contribution is -0.137. The highest BCUT2D eigenvalue weighted by Gasteiger charge is 2.30. The van der Waals surface area contributed by atoms with E-state index in [0.29, 0.717) is 10.7 Å². The fourth-order valence-electron chi connectivity index (χ4n) is 1.45. The number of benzene rings is 1. The minimum atomic E-state index is -4.36. The molecule has 0 aliphatic heterocycles. The first-order valence-corrected chi connectivity index (χ1v) is 6.23. The molecular weight excluding hydrogens is 314 g/mol. The standard InChI is InChI=1S/C13H8Cl2F3NO/c14-10-5-6-12(15)19-11(10)7-20-9-3-1-8(2-4-9)13(16,17)18/h1-6H,7H2. The quantitative estimate of drug-likeness (QED) is 0.743. The summed E-state index contributed by atoms with van der Waals surface area (Å²) in [4.78, 5) is 3.97. The Morgan fingerprint density at radius 1 is 1.00 bits per heavy atom. The highest BCUT2D eigenvalue weighted by Crippen LogP contribution is 2.30. The third-order valence-electron chi connectivity index (χ3n) is 2.44. The molecule has 2 nitrogen and oxygen atoms in total. The van der Waals surface area contributed by atoms with Gasteiger partial charge in [0.15, 0.2) is 0 Å². The van der Waals surface area contributed by atoms with Crippen LogP contribution in [0, 0.1) is 0 Å². The van der Waals surface area contributed by atoms with Crippen LogP contribution in [0.4, 0.5) is 13.2 Å². The van der Waals surface area contributed by atoms with Crippen molar-refractivity contribution in [3.8, 4) is 5.75 Å². The van der Waals surface area contributed by atoms with Crippen molar-refractivity contribution in [1.29, 1.82) is 0 Å². The van der Waals surface area contributed by atoms with Gasteiger partial charge in [-0.05, 0) is 36.4 Å².